The minimum Gasteiger partial charge on any atom is -0.494 e. The van der Waals surface area contributed by atoms with Crippen molar-refractivity contribution in [2.45, 2.75) is 58.1 Å². The summed E-state index contributed by atoms with van der Waals surface area (Å²) in [4.78, 5) is 0. The normalized spacial score (nSPS) is 20.2. The van der Waals surface area contributed by atoms with Crippen molar-refractivity contribution in [3.05, 3.63) is 29.8 Å². The Labute approximate surface area is 129 Å². The molecule has 2 unspecified atom stereocenters. The van der Waals surface area contributed by atoms with Gasteiger partial charge in [-0.25, -0.2) is 0 Å². The van der Waals surface area contributed by atoms with E-state index >= 15 is 0 Å². The predicted molar refractivity (Wildman–Crippen MR) is 86.9 cm³/mol. The van der Waals surface area contributed by atoms with Crippen molar-refractivity contribution < 1.29 is 9.47 Å². The summed E-state index contributed by atoms with van der Waals surface area (Å²) in [5, 5.41) is 3.59. The van der Waals surface area contributed by atoms with Gasteiger partial charge in [0.05, 0.1) is 12.7 Å². The molecule has 3 heteroatoms. The molecule has 0 aromatic heterocycles. The molecule has 1 aromatic carbocycles. The van der Waals surface area contributed by atoms with E-state index in [2.05, 4.69) is 36.5 Å². The Morgan fingerprint density at radius 3 is 2.67 bits per heavy atom. The maximum atomic E-state index is 5.85. The molecule has 1 fully saturated rings. The number of ether oxygens (including phenoxy) is 2. The number of nitrogens with one attached hydrogen (secondary N) is 1. The van der Waals surface area contributed by atoms with Gasteiger partial charge in [-0.2, -0.15) is 0 Å². The highest BCUT2D eigenvalue weighted by Gasteiger charge is 2.17. The minimum absolute atomic E-state index is 0.413. The predicted octanol–water partition coefficient (Wildman–Crippen LogP) is 4.09. The second-order valence-corrected chi connectivity index (χ2v) is 5.68. The van der Waals surface area contributed by atoms with Crippen LogP contribution in [0.3, 0.4) is 0 Å². The SMILES string of the molecule is CCNC(CCC1CCCCO1)c1ccc(OCC)cc1. The van der Waals surface area contributed by atoms with Crippen LogP contribution in [-0.4, -0.2) is 25.9 Å². The number of hydrogen-bond acceptors (Lipinski definition) is 3. The van der Waals surface area contributed by atoms with Gasteiger partial charge in [0.2, 0.25) is 0 Å². The first-order chi connectivity index (χ1) is 10.3. The lowest BCUT2D eigenvalue weighted by molar-refractivity contribution is 0.00856. The molecule has 1 heterocycles. The van der Waals surface area contributed by atoms with Crippen molar-refractivity contribution in [2.75, 3.05) is 19.8 Å². The molecule has 118 valence electrons. The molecule has 0 radical (unpaired) electrons. The Kier molecular flexibility index (Phi) is 7.04. The lowest BCUT2D eigenvalue weighted by Crippen LogP contribution is -2.25. The smallest absolute Gasteiger partial charge is 0.119 e. The summed E-state index contributed by atoms with van der Waals surface area (Å²) in [5.74, 6) is 0.951. The van der Waals surface area contributed by atoms with E-state index < -0.39 is 0 Å². The topological polar surface area (TPSA) is 30.5 Å². The monoisotopic (exact) mass is 291 g/mol. The molecule has 1 aliphatic heterocycles. The van der Waals surface area contributed by atoms with E-state index in [9.17, 15) is 0 Å². The lowest BCUT2D eigenvalue weighted by atomic mass is 9.97. The highest BCUT2D eigenvalue weighted by atomic mass is 16.5. The Morgan fingerprint density at radius 1 is 1.24 bits per heavy atom. The van der Waals surface area contributed by atoms with Crippen LogP contribution in [-0.2, 0) is 4.74 Å². The zero-order valence-electron chi connectivity index (χ0n) is 13.4. The molecule has 1 N–H and O–H groups in total. The highest BCUT2D eigenvalue weighted by molar-refractivity contribution is 5.29. The third kappa shape index (κ3) is 5.33. The second-order valence-electron chi connectivity index (χ2n) is 5.68. The molecule has 21 heavy (non-hydrogen) atoms. The summed E-state index contributed by atoms with van der Waals surface area (Å²) in [6, 6.07) is 8.91. The second kappa shape index (κ2) is 9.06. The quantitative estimate of drug-likeness (QED) is 0.782. The van der Waals surface area contributed by atoms with Crippen molar-refractivity contribution in [2.24, 2.45) is 0 Å². The van der Waals surface area contributed by atoms with E-state index in [-0.39, 0.29) is 0 Å². The van der Waals surface area contributed by atoms with Gasteiger partial charge in [-0.15, -0.1) is 0 Å². The fourth-order valence-corrected chi connectivity index (χ4v) is 2.98. The summed E-state index contributed by atoms with van der Waals surface area (Å²) in [6.07, 6.45) is 6.51. The first kappa shape index (κ1) is 16.3. The maximum absolute atomic E-state index is 5.85. The van der Waals surface area contributed by atoms with Crippen LogP contribution in [0.1, 0.15) is 57.6 Å². The summed E-state index contributed by atoms with van der Waals surface area (Å²) in [7, 11) is 0. The van der Waals surface area contributed by atoms with E-state index in [1.807, 2.05) is 6.92 Å². The number of benzene rings is 1. The molecular weight excluding hydrogens is 262 g/mol. The van der Waals surface area contributed by atoms with Gasteiger partial charge in [0.15, 0.2) is 0 Å². The number of rotatable bonds is 8. The first-order valence-electron chi connectivity index (χ1n) is 8.41. The van der Waals surface area contributed by atoms with Crippen molar-refractivity contribution in [1.29, 1.82) is 0 Å². The third-order valence-corrected chi connectivity index (χ3v) is 4.10. The summed E-state index contributed by atoms with van der Waals surface area (Å²) in [6.45, 7) is 6.83. The fourth-order valence-electron chi connectivity index (χ4n) is 2.98. The highest BCUT2D eigenvalue weighted by Crippen LogP contribution is 2.25. The van der Waals surface area contributed by atoms with Gasteiger partial charge >= 0.3 is 0 Å². The van der Waals surface area contributed by atoms with Gasteiger partial charge in [0.1, 0.15) is 5.75 Å². The summed E-state index contributed by atoms with van der Waals surface area (Å²) < 4.78 is 11.4. The van der Waals surface area contributed by atoms with Crippen LogP contribution in [0.15, 0.2) is 24.3 Å². The van der Waals surface area contributed by atoms with Gasteiger partial charge in [-0.3, -0.25) is 0 Å². The zero-order chi connectivity index (χ0) is 14.9. The van der Waals surface area contributed by atoms with Gasteiger partial charge < -0.3 is 14.8 Å². The molecule has 1 aromatic rings. The Morgan fingerprint density at radius 2 is 2.05 bits per heavy atom. The van der Waals surface area contributed by atoms with Crippen molar-refractivity contribution in [3.63, 3.8) is 0 Å². The standard InChI is InChI=1S/C18H29NO2/c1-3-19-18(13-12-16-7-5-6-14-21-16)15-8-10-17(11-9-15)20-4-2/h8-11,16,18-19H,3-7,12-14H2,1-2H3. The summed E-state index contributed by atoms with van der Waals surface area (Å²) in [5.41, 5.74) is 1.34. The molecule has 3 nitrogen and oxygen atoms in total. The average molecular weight is 291 g/mol. The van der Waals surface area contributed by atoms with Crippen molar-refractivity contribution in [1.82, 2.24) is 5.32 Å². The largest absolute Gasteiger partial charge is 0.494 e. The average Bonchev–Trinajstić information content (AvgIpc) is 2.54. The molecule has 0 amide bonds. The minimum atomic E-state index is 0.413. The van der Waals surface area contributed by atoms with E-state index in [1.54, 1.807) is 0 Å². The zero-order valence-corrected chi connectivity index (χ0v) is 13.4. The fraction of sp³-hybridized carbons (Fsp3) is 0.667. The molecule has 1 saturated heterocycles. The number of hydrogen-bond donors (Lipinski definition) is 1. The van der Waals surface area contributed by atoms with Crippen molar-refractivity contribution in [3.8, 4) is 5.75 Å². The van der Waals surface area contributed by atoms with E-state index in [0.29, 0.717) is 12.1 Å². The van der Waals surface area contributed by atoms with Crippen LogP contribution < -0.4 is 10.1 Å². The van der Waals surface area contributed by atoms with Crippen LogP contribution >= 0.6 is 0 Å². The van der Waals surface area contributed by atoms with E-state index in [4.69, 9.17) is 9.47 Å². The van der Waals surface area contributed by atoms with Crippen LogP contribution in [0.4, 0.5) is 0 Å². The molecular formula is C18H29NO2. The van der Waals surface area contributed by atoms with Crippen LogP contribution in [0.5, 0.6) is 5.75 Å². The lowest BCUT2D eigenvalue weighted by Gasteiger charge is -2.25. The first-order valence-corrected chi connectivity index (χ1v) is 8.41. The van der Waals surface area contributed by atoms with E-state index in [0.717, 1.165) is 38.3 Å². The third-order valence-electron chi connectivity index (χ3n) is 4.10. The molecule has 1 aliphatic rings. The van der Waals surface area contributed by atoms with Gasteiger partial charge in [0, 0.05) is 12.6 Å². The molecule has 0 spiro atoms. The Hall–Kier alpha value is -1.06. The molecule has 2 atom stereocenters. The maximum Gasteiger partial charge on any atom is 0.119 e. The van der Waals surface area contributed by atoms with Gasteiger partial charge in [-0.1, -0.05) is 19.1 Å². The van der Waals surface area contributed by atoms with E-state index in [1.165, 1.54) is 24.8 Å². The van der Waals surface area contributed by atoms with Crippen LogP contribution in [0, 0.1) is 0 Å². The van der Waals surface area contributed by atoms with Crippen molar-refractivity contribution >= 4 is 0 Å². The Bertz CT molecular complexity index is 385. The van der Waals surface area contributed by atoms with Gasteiger partial charge in [0.25, 0.3) is 0 Å². The summed E-state index contributed by atoms with van der Waals surface area (Å²) >= 11 is 0. The Balaban J connectivity index is 1.90. The molecule has 2 rings (SSSR count). The van der Waals surface area contributed by atoms with Crippen LogP contribution in [0.25, 0.3) is 0 Å². The molecule has 0 bridgehead atoms. The molecule has 0 aliphatic carbocycles. The van der Waals surface area contributed by atoms with Gasteiger partial charge in [-0.05, 0) is 63.3 Å². The molecule has 0 saturated carbocycles. The van der Waals surface area contributed by atoms with Crippen LogP contribution in [0.2, 0.25) is 0 Å².